The van der Waals surface area contributed by atoms with Crippen molar-refractivity contribution in [2.45, 2.75) is 19.6 Å². The first kappa shape index (κ1) is 25.7. The van der Waals surface area contributed by atoms with Gasteiger partial charge in [0.15, 0.2) is 0 Å². The number of carbonyl (C=O) groups is 2. The molecule has 0 radical (unpaired) electrons. The van der Waals surface area contributed by atoms with E-state index in [2.05, 4.69) is 11.0 Å². The fraction of sp³-hybridized carbons (Fsp3) is 0.290. The molecule has 3 aromatic rings. The Morgan fingerprint density at radius 1 is 0.947 bits per heavy atom. The number of aliphatic hydroxyl groups excluding tert-OH is 1. The predicted molar refractivity (Wildman–Crippen MR) is 145 cm³/mol. The molecule has 0 bridgehead atoms. The van der Waals surface area contributed by atoms with Crippen LogP contribution in [0.15, 0.2) is 84.4 Å². The molecule has 7 nitrogen and oxygen atoms in total. The Labute approximate surface area is 222 Å². The van der Waals surface area contributed by atoms with Gasteiger partial charge in [0.25, 0.3) is 11.7 Å². The quantitative estimate of drug-likeness (QED) is 0.275. The average molecular weight is 513 g/mol. The third-order valence-corrected chi connectivity index (χ3v) is 7.03. The minimum Gasteiger partial charge on any atom is -0.507 e. The van der Waals surface area contributed by atoms with Crippen LogP contribution in [0, 0.1) is 6.92 Å². The summed E-state index contributed by atoms with van der Waals surface area (Å²) in [5.41, 5.74) is 3.59. The molecule has 2 aliphatic heterocycles. The van der Waals surface area contributed by atoms with Crippen molar-refractivity contribution in [1.82, 2.24) is 9.80 Å². The van der Waals surface area contributed by atoms with Crippen LogP contribution in [0.5, 0.6) is 5.75 Å². The Bertz CT molecular complexity index is 1310. The van der Waals surface area contributed by atoms with E-state index in [0.29, 0.717) is 44.2 Å². The van der Waals surface area contributed by atoms with E-state index in [-0.39, 0.29) is 11.3 Å². The summed E-state index contributed by atoms with van der Waals surface area (Å²) in [6.45, 7) is 6.37. The molecule has 2 heterocycles. The van der Waals surface area contributed by atoms with Gasteiger partial charge in [0.05, 0.1) is 24.8 Å². The van der Waals surface area contributed by atoms with Crippen molar-refractivity contribution in [1.29, 1.82) is 0 Å². The number of ether oxygens (including phenoxy) is 2. The van der Waals surface area contributed by atoms with Gasteiger partial charge in [0, 0.05) is 31.7 Å². The topological polar surface area (TPSA) is 79.3 Å². The molecule has 1 amide bonds. The summed E-state index contributed by atoms with van der Waals surface area (Å²) in [6, 6.07) is 23.8. The molecule has 5 rings (SSSR count). The molecular weight excluding hydrogens is 480 g/mol. The molecule has 2 aliphatic rings. The van der Waals surface area contributed by atoms with Crippen LogP contribution in [0.3, 0.4) is 0 Å². The number of rotatable bonds is 8. The summed E-state index contributed by atoms with van der Waals surface area (Å²) in [7, 11) is 0. The van der Waals surface area contributed by atoms with Crippen molar-refractivity contribution in [3.63, 3.8) is 0 Å². The van der Waals surface area contributed by atoms with Gasteiger partial charge in [-0.15, -0.1) is 0 Å². The SMILES string of the molecule is Cc1cccc(COc2ccc(/C(O)=C3\C(=O)C(=O)N(CCN4CCOCC4)[C@H]3c3ccccc3)cc2)c1. The van der Waals surface area contributed by atoms with Gasteiger partial charge >= 0.3 is 0 Å². The molecule has 0 spiro atoms. The lowest BCUT2D eigenvalue weighted by atomic mass is 9.95. The van der Waals surface area contributed by atoms with Crippen molar-refractivity contribution in [3.8, 4) is 5.75 Å². The van der Waals surface area contributed by atoms with E-state index >= 15 is 0 Å². The Morgan fingerprint density at radius 2 is 1.68 bits per heavy atom. The van der Waals surface area contributed by atoms with Crippen LogP contribution in [-0.4, -0.2) is 66.0 Å². The number of aliphatic hydroxyl groups is 1. The molecule has 0 unspecified atom stereocenters. The summed E-state index contributed by atoms with van der Waals surface area (Å²) >= 11 is 0. The number of hydrogen-bond acceptors (Lipinski definition) is 6. The molecule has 0 saturated carbocycles. The van der Waals surface area contributed by atoms with Crippen LogP contribution in [0.25, 0.3) is 5.76 Å². The second-order valence-electron chi connectivity index (χ2n) is 9.66. The minimum atomic E-state index is -0.668. The Morgan fingerprint density at radius 3 is 2.39 bits per heavy atom. The number of hydrogen-bond donors (Lipinski definition) is 1. The molecule has 1 N–H and O–H groups in total. The second-order valence-corrected chi connectivity index (χ2v) is 9.66. The average Bonchev–Trinajstić information content (AvgIpc) is 3.21. The lowest BCUT2D eigenvalue weighted by Gasteiger charge is -2.31. The second kappa shape index (κ2) is 11.6. The van der Waals surface area contributed by atoms with Gasteiger partial charge < -0.3 is 19.5 Å². The Kier molecular flexibility index (Phi) is 7.86. The van der Waals surface area contributed by atoms with E-state index < -0.39 is 17.7 Å². The fourth-order valence-corrected chi connectivity index (χ4v) is 5.00. The third kappa shape index (κ3) is 5.64. The van der Waals surface area contributed by atoms with Crippen LogP contribution in [0.2, 0.25) is 0 Å². The molecule has 3 aromatic carbocycles. The van der Waals surface area contributed by atoms with Crippen LogP contribution < -0.4 is 4.74 Å². The molecule has 196 valence electrons. The van der Waals surface area contributed by atoms with E-state index in [9.17, 15) is 14.7 Å². The molecule has 1 atom stereocenters. The van der Waals surface area contributed by atoms with Gasteiger partial charge in [-0.25, -0.2) is 0 Å². The predicted octanol–water partition coefficient (Wildman–Crippen LogP) is 4.33. The number of aryl methyl sites for hydroxylation is 1. The van der Waals surface area contributed by atoms with Gasteiger partial charge in [-0.05, 0) is 42.3 Å². The largest absolute Gasteiger partial charge is 0.507 e. The standard InChI is InChI=1S/C31H32N2O5/c1-22-6-5-7-23(20-22)21-38-26-12-10-25(11-13-26)29(34)27-28(24-8-3-2-4-9-24)33(31(36)30(27)35)15-14-32-16-18-37-19-17-32/h2-13,20,28,34H,14-19,21H2,1H3/b29-27+/t28-/m0/s1. The van der Waals surface area contributed by atoms with Gasteiger partial charge in [-0.3, -0.25) is 14.5 Å². The van der Waals surface area contributed by atoms with Gasteiger partial charge in [0.2, 0.25) is 0 Å². The number of likely N-dealkylation sites (tertiary alicyclic amines) is 1. The van der Waals surface area contributed by atoms with E-state index in [1.165, 1.54) is 5.56 Å². The number of Topliss-reactive ketones (excluding diaryl/α,β-unsaturated/α-hetero) is 1. The van der Waals surface area contributed by atoms with Crippen molar-refractivity contribution < 1.29 is 24.2 Å². The lowest BCUT2D eigenvalue weighted by molar-refractivity contribution is -0.140. The van der Waals surface area contributed by atoms with E-state index in [4.69, 9.17) is 9.47 Å². The van der Waals surface area contributed by atoms with Crippen molar-refractivity contribution >= 4 is 17.4 Å². The van der Waals surface area contributed by atoms with Crippen LogP contribution >= 0.6 is 0 Å². The number of ketones is 1. The number of carbonyl (C=O) groups excluding carboxylic acids is 2. The summed E-state index contributed by atoms with van der Waals surface area (Å²) in [5.74, 6) is -0.796. The molecule has 38 heavy (non-hydrogen) atoms. The smallest absolute Gasteiger partial charge is 0.295 e. The Hall–Kier alpha value is -3.94. The number of morpholine rings is 1. The highest BCUT2D eigenvalue weighted by Crippen LogP contribution is 2.39. The highest BCUT2D eigenvalue weighted by atomic mass is 16.5. The fourth-order valence-electron chi connectivity index (χ4n) is 5.00. The molecular formula is C31H32N2O5. The third-order valence-electron chi connectivity index (χ3n) is 7.03. The van der Waals surface area contributed by atoms with Gasteiger partial charge in [0.1, 0.15) is 18.1 Å². The Balaban J connectivity index is 1.39. The first-order chi connectivity index (χ1) is 18.5. The highest BCUT2D eigenvalue weighted by molar-refractivity contribution is 6.46. The molecule has 0 aliphatic carbocycles. The maximum absolute atomic E-state index is 13.3. The zero-order chi connectivity index (χ0) is 26.5. The van der Waals surface area contributed by atoms with Crippen LogP contribution in [-0.2, 0) is 20.9 Å². The van der Waals surface area contributed by atoms with E-state index in [1.807, 2.05) is 55.5 Å². The van der Waals surface area contributed by atoms with Crippen molar-refractivity contribution in [2.75, 3.05) is 39.4 Å². The lowest BCUT2D eigenvalue weighted by Crippen LogP contribution is -2.42. The first-order valence-electron chi connectivity index (χ1n) is 12.9. The summed E-state index contributed by atoms with van der Waals surface area (Å²) in [5, 5.41) is 11.3. The zero-order valence-corrected chi connectivity index (χ0v) is 21.5. The maximum atomic E-state index is 13.3. The van der Waals surface area contributed by atoms with Gasteiger partial charge in [-0.2, -0.15) is 0 Å². The first-order valence-corrected chi connectivity index (χ1v) is 12.9. The molecule has 7 heteroatoms. The number of nitrogens with zero attached hydrogens (tertiary/aromatic N) is 2. The molecule has 2 fully saturated rings. The summed E-state index contributed by atoms with van der Waals surface area (Å²) in [4.78, 5) is 30.2. The maximum Gasteiger partial charge on any atom is 0.295 e. The summed E-state index contributed by atoms with van der Waals surface area (Å²) in [6.07, 6.45) is 0. The van der Waals surface area contributed by atoms with Crippen LogP contribution in [0.1, 0.15) is 28.3 Å². The molecule has 2 saturated heterocycles. The minimum absolute atomic E-state index is 0.108. The van der Waals surface area contributed by atoms with E-state index in [0.717, 1.165) is 24.2 Å². The number of benzene rings is 3. The molecule has 0 aromatic heterocycles. The van der Waals surface area contributed by atoms with Crippen molar-refractivity contribution in [3.05, 3.63) is 107 Å². The monoisotopic (exact) mass is 512 g/mol. The van der Waals surface area contributed by atoms with Crippen molar-refractivity contribution in [2.24, 2.45) is 0 Å². The summed E-state index contributed by atoms with van der Waals surface area (Å²) < 4.78 is 11.3. The normalized spacial score (nSPS) is 19.6. The van der Waals surface area contributed by atoms with Gasteiger partial charge in [-0.1, -0.05) is 60.2 Å². The number of amides is 1. The zero-order valence-electron chi connectivity index (χ0n) is 21.5. The highest BCUT2D eigenvalue weighted by Gasteiger charge is 2.46. The van der Waals surface area contributed by atoms with Crippen LogP contribution in [0.4, 0.5) is 0 Å². The van der Waals surface area contributed by atoms with E-state index in [1.54, 1.807) is 29.2 Å².